The van der Waals surface area contributed by atoms with E-state index in [2.05, 4.69) is 6.92 Å². The first-order valence-corrected chi connectivity index (χ1v) is 10.1. The fourth-order valence-corrected chi connectivity index (χ4v) is 7.14. The number of rotatable bonds is 2. The van der Waals surface area contributed by atoms with E-state index in [1.54, 1.807) is 0 Å². The Bertz CT molecular complexity index is 611. The molecule has 3 unspecified atom stereocenters. The summed E-state index contributed by atoms with van der Waals surface area (Å²) in [6.45, 7) is 4.14. The Balaban J connectivity index is 1.66. The van der Waals surface area contributed by atoms with Gasteiger partial charge in [0.1, 0.15) is 11.6 Å². The predicted molar refractivity (Wildman–Crippen MR) is 92.7 cm³/mol. The van der Waals surface area contributed by atoms with E-state index in [1.165, 1.54) is 6.92 Å². The highest BCUT2D eigenvalue weighted by molar-refractivity contribution is 5.87. The summed E-state index contributed by atoms with van der Waals surface area (Å²) in [5.41, 5.74) is -0.156. The summed E-state index contributed by atoms with van der Waals surface area (Å²) in [4.78, 5) is 36.1. The van der Waals surface area contributed by atoms with Gasteiger partial charge in [0.05, 0.1) is 6.61 Å². The summed E-state index contributed by atoms with van der Waals surface area (Å²) in [6, 6.07) is 0. The number of esters is 1. The molecule has 0 aliphatic heterocycles. The summed E-state index contributed by atoms with van der Waals surface area (Å²) in [5.74, 6) is 2.53. The zero-order chi connectivity index (χ0) is 17.8. The van der Waals surface area contributed by atoms with Crippen molar-refractivity contribution in [2.45, 2.75) is 71.6 Å². The van der Waals surface area contributed by atoms with Gasteiger partial charge in [-0.15, -0.1) is 0 Å². The third kappa shape index (κ3) is 2.50. The van der Waals surface area contributed by atoms with Crippen molar-refractivity contribution < 1.29 is 19.1 Å². The topological polar surface area (TPSA) is 60.4 Å². The predicted octanol–water partition coefficient (Wildman–Crippen LogP) is 3.71. The molecule has 0 spiro atoms. The van der Waals surface area contributed by atoms with Crippen LogP contribution in [0.25, 0.3) is 0 Å². The van der Waals surface area contributed by atoms with Crippen molar-refractivity contribution in [1.29, 1.82) is 0 Å². The Morgan fingerprint density at radius 3 is 2.64 bits per heavy atom. The summed E-state index contributed by atoms with van der Waals surface area (Å²) in [7, 11) is 0. The molecule has 25 heavy (non-hydrogen) atoms. The summed E-state index contributed by atoms with van der Waals surface area (Å²) < 4.78 is 5.57. The van der Waals surface area contributed by atoms with Crippen molar-refractivity contribution in [3.05, 3.63) is 0 Å². The largest absolute Gasteiger partial charge is 0.465 e. The van der Waals surface area contributed by atoms with Crippen LogP contribution in [0.5, 0.6) is 0 Å². The van der Waals surface area contributed by atoms with Gasteiger partial charge in [0.15, 0.2) is 0 Å². The van der Waals surface area contributed by atoms with Crippen molar-refractivity contribution in [2.75, 3.05) is 6.61 Å². The van der Waals surface area contributed by atoms with Crippen molar-refractivity contribution in [1.82, 2.24) is 0 Å². The van der Waals surface area contributed by atoms with Crippen LogP contribution in [0.4, 0.5) is 0 Å². The van der Waals surface area contributed by atoms with Crippen LogP contribution in [0.3, 0.4) is 0 Å². The maximum atomic E-state index is 12.5. The van der Waals surface area contributed by atoms with Crippen LogP contribution < -0.4 is 0 Å². The standard InChI is InChI=1S/C21H30O4/c1-13(22)25-12-21-10-7-15(23)11-14(21)3-4-16-17-5-6-19(24)20(17,2)9-8-18(16)21/h14,16-18H,3-12H2,1-2H3/t14-,16?,17?,18?,20-,21+/m0/s1. The minimum atomic E-state index is -0.219. The Morgan fingerprint density at radius 2 is 1.88 bits per heavy atom. The quantitative estimate of drug-likeness (QED) is 0.715. The Hall–Kier alpha value is -1.19. The highest BCUT2D eigenvalue weighted by Crippen LogP contribution is 2.65. The Morgan fingerprint density at radius 1 is 1.08 bits per heavy atom. The lowest BCUT2D eigenvalue weighted by molar-refractivity contribution is -0.169. The van der Waals surface area contributed by atoms with Gasteiger partial charge in [-0.05, 0) is 62.2 Å². The van der Waals surface area contributed by atoms with Crippen LogP contribution in [-0.4, -0.2) is 24.1 Å². The SMILES string of the molecule is CC(=O)OC[C@]12CCC(=O)C[C@@H]1CCC1C2CC[C@]2(C)C(=O)CCC12. The molecule has 4 aliphatic carbocycles. The van der Waals surface area contributed by atoms with E-state index < -0.39 is 0 Å². The van der Waals surface area contributed by atoms with Crippen LogP contribution in [0.1, 0.15) is 71.6 Å². The van der Waals surface area contributed by atoms with E-state index >= 15 is 0 Å². The Kier molecular flexibility index (Phi) is 4.08. The molecule has 4 rings (SSSR count). The molecule has 4 aliphatic rings. The van der Waals surface area contributed by atoms with Gasteiger partial charge in [-0.3, -0.25) is 14.4 Å². The van der Waals surface area contributed by atoms with E-state index in [4.69, 9.17) is 4.74 Å². The summed E-state index contributed by atoms with van der Waals surface area (Å²) in [5, 5.41) is 0. The number of Topliss-reactive ketones (excluding diaryl/α,β-unsaturated/α-hetero) is 2. The molecule has 0 saturated heterocycles. The van der Waals surface area contributed by atoms with Crippen LogP contribution in [0, 0.1) is 34.5 Å². The Labute approximate surface area is 150 Å². The van der Waals surface area contributed by atoms with Gasteiger partial charge in [-0.25, -0.2) is 0 Å². The van der Waals surface area contributed by atoms with Crippen molar-refractivity contribution >= 4 is 17.5 Å². The van der Waals surface area contributed by atoms with Gasteiger partial charge in [-0.2, -0.15) is 0 Å². The van der Waals surface area contributed by atoms with Gasteiger partial charge in [-0.1, -0.05) is 6.92 Å². The summed E-state index contributed by atoms with van der Waals surface area (Å²) in [6.07, 6.45) is 8.13. The fourth-order valence-electron chi connectivity index (χ4n) is 7.14. The fraction of sp³-hybridized carbons (Fsp3) is 0.857. The molecule has 6 atom stereocenters. The second-order valence-corrected chi connectivity index (χ2v) is 9.33. The van der Waals surface area contributed by atoms with E-state index in [1.807, 2.05) is 0 Å². The first-order valence-electron chi connectivity index (χ1n) is 10.1. The van der Waals surface area contributed by atoms with E-state index in [-0.39, 0.29) is 16.8 Å². The smallest absolute Gasteiger partial charge is 0.302 e. The monoisotopic (exact) mass is 346 g/mol. The first kappa shape index (κ1) is 17.2. The molecular formula is C21H30O4. The van der Waals surface area contributed by atoms with Crippen molar-refractivity contribution in [3.63, 3.8) is 0 Å². The number of hydrogen-bond acceptors (Lipinski definition) is 4. The van der Waals surface area contributed by atoms with Crippen molar-refractivity contribution in [3.8, 4) is 0 Å². The zero-order valence-corrected chi connectivity index (χ0v) is 15.5. The maximum Gasteiger partial charge on any atom is 0.302 e. The molecule has 0 N–H and O–H groups in total. The number of ketones is 2. The second kappa shape index (κ2) is 5.92. The molecule has 138 valence electrons. The number of carbonyl (C=O) groups excluding carboxylic acids is 3. The first-order chi connectivity index (χ1) is 11.9. The number of carbonyl (C=O) groups is 3. The molecule has 0 aromatic carbocycles. The van der Waals surface area contributed by atoms with Gasteiger partial charge < -0.3 is 4.74 Å². The molecule has 0 heterocycles. The third-order valence-electron chi connectivity index (χ3n) is 8.43. The van der Waals surface area contributed by atoms with Gasteiger partial charge >= 0.3 is 5.97 Å². The molecule has 0 aromatic heterocycles. The van der Waals surface area contributed by atoms with Gasteiger partial charge in [0.2, 0.25) is 0 Å². The van der Waals surface area contributed by atoms with Crippen molar-refractivity contribution in [2.24, 2.45) is 34.5 Å². The maximum absolute atomic E-state index is 12.5. The minimum Gasteiger partial charge on any atom is -0.465 e. The molecule has 4 heteroatoms. The molecule has 4 fully saturated rings. The lowest BCUT2D eigenvalue weighted by atomic mass is 9.45. The number of fused-ring (bicyclic) bond motifs is 5. The number of ether oxygens (including phenoxy) is 1. The minimum absolute atomic E-state index is 0.0323. The zero-order valence-electron chi connectivity index (χ0n) is 15.5. The average molecular weight is 346 g/mol. The highest BCUT2D eigenvalue weighted by atomic mass is 16.5. The molecule has 0 bridgehead atoms. The van der Waals surface area contributed by atoms with Crippen LogP contribution in [-0.2, 0) is 19.1 Å². The van der Waals surface area contributed by atoms with Crippen LogP contribution in [0.2, 0.25) is 0 Å². The molecule has 0 radical (unpaired) electrons. The van der Waals surface area contributed by atoms with E-state index in [0.29, 0.717) is 54.7 Å². The normalized spacial score (nSPS) is 46.2. The molecule has 4 saturated carbocycles. The average Bonchev–Trinajstić information content (AvgIpc) is 2.88. The van der Waals surface area contributed by atoms with Crippen LogP contribution >= 0.6 is 0 Å². The van der Waals surface area contributed by atoms with Crippen LogP contribution in [0.15, 0.2) is 0 Å². The van der Waals surface area contributed by atoms with E-state index in [9.17, 15) is 14.4 Å². The highest BCUT2D eigenvalue weighted by Gasteiger charge is 2.61. The molecule has 4 nitrogen and oxygen atoms in total. The molecule has 0 amide bonds. The van der Waals surface area contributed by atoms with Gasteiger partial charge in [0.25, 0.3) is 0 Å². The number of hydrogen-bond donors (Lipinski definition) is 0. The molecule has 0 aromatic rings. The third-order valence-corrected chi connectivity index (χ3v) is 8.43. The molecular weight excluding hydrogens is 316 g/mol. The lowest BCUT2D eigenvalue weighted by Crippen LogP contribution is -2.56. The second-order valence-electron chi connectivity index (χ2n) is 9.33. The van der Waals surface area contributed by atoms with Gasteiger partial charge in [0, 0.05) is 37.0 Å². The lowest BCUT2D eigenvalue weighted by Gasteiger charge is -2.59. The summed E-state index contributed by atoms with van der Waals surface area (Å²) >= 11 is 0. The van der Waals surface area contributed by atoms with E-state index in [0.717, 1.165) is 44.9 Å².